The highest BCUT2D eigenvalue weighted by atomic mass is 35.5. The van der Waals surface area contributed by atoms with Crippen molar-refractivity contribution in [3.63, 3.8) is 0 Å². The van der Waals surface area contributed by atoms with E-state index in [0.717, 1.165) is 18.6 Å². The Morgan fingerprint density at radius 3 is 2.78 bits per heavy atom. The van der Waals surface area contributed by atoms with Gasteiger partial charge in [0.2, 0.25) is 11.8 Å². The number of halogens is 1. The second-order valence-electron chi connectivity index (χ2n) is 6.61. The molecule has 0 aromatic carbocycles. The van der Waals surface area contributed by atoms with Crippen LogP contribution in [0.2, 0.25) is 5.15 Å². The Morgan fingerprint density at radius 2 is 2.11 bits per heavy atom. The summed E-state index contributed by atoms with van der Waals surface area (Å²) < 4.78 is 5.22. The number of carbonyl (C=O) groups is 2. The molecule has 144 valence electrons. The number of anilines is 1. The van der Waals surface area contributed by atoms with Crippen LogP contribution < -0.4 is 10.6 Å². The standard InChI is InChI=1S/C19H23ClN4O3/c1-13(18(25)23-16-5-2-8-21-17(16)20)24-9-6-14(7-10-24)19(26)22-12-15-4-3-11-27-15/h2-5,8,11,13-14H,6-7,9-10,12H2,1H3,(H,22,26)(H,23,25). The minimum absolute atomic E-state index is 0.0327. The van der Waals surface area contributed by atoms with Crippen molar-refractivity contribution in [1.29, 1.82) is 0 Å². The van der Waals surface area contributed by atoms with Gasteiger partial charge in [0.25, 0.3) is 0 Å². The van der Waals surface area contributed by atoms with Gasteiger partial charge in [-0.1, -0.05) is 11.6 Å². The molecule has 2 aromatic heterocycles. The molecule has 1 aliphatic rings. The van der Waals surface area contributed by atoms with Crippen molar-refractivity contribution < 1.29 is 14.0 Å². The number of likely N-dealkylation sites (tertiary alicyclic amines) is 1. The van der Waals surface area contributed by atoms with Gasteiger partial charge in [-0.3, -0.25) is 14.5 Å². The van der Waals surface area contributed by atoms with Crippen LogP contribution in [-0.4, -0.2) is 40.8 Å². The number of carbonyl (C=O) groups excluding carboxylic acids is 2. The van der Waals surface area contributed by atoms with Gasteiger partial charge in [0, 0.05) is 12.1 Å². The number of pyridine rings is 1. The number of hydrogen-bond donors (Lipinski definition) is 2. The Balaban J connectivity index is 1.45. The van der Waals surface area contributed by atoms with Gasteiger partial charge in [0.1, 0.15) is 5.76 Å². The largest absolute Gasteiger partial charge is 0.467 e. The molecule has 0 spiro atoms. The Morgan fingerprint density at radius 1 is 1.33 bits per heavy atom. The lowest BCUT2D eigenvalue weighted by Gasteiger charge is -2.34. The van der Waals surface area contributed by atoms with Gasteiger partial charge < -0.3 is 15.1 Å². The number of rotatable bonds is 6. The van der Waals surface area contributed by atoms with E-state index in [1.54, 1.807) is 30.7 Å². The van der Waals surface area contributed by atoms with Gasteiger partial charge in [0.05, 0.1) is 24.5 Å². The number of aromatic nitrogens is 1. The molecule has 1 saturated heterocycles. The Labute approximate surface area is 163 Å². The highest BCUT2D eigenvalue weighted by Gasteiger charge is 2.30. The van der Waals surface area contributed by atoms with Crippen LogP contribution in [0.15, 0.2) is 41.1 Å². The monoisotopic (exact) mass is 390 g/mol. The number of amides is 2. The molecule has 2 aromatic rings. The Bertz CT molecular complexity index is 773. The fraction of sp³-hybridized carbons (Fsp3) is 0.421. The summed E-state index contributed by atoms with van der Waals surface area (Å²) in [6, 6.07) is 6.76. The molecule has 1 unspecified atom stereocenters. The van der Waals surface area contributed by atoms with Crippen LogP contribution in [0.25, 0.3) is 0 Å². The zero-order valence-electron chi connectivity index (χ0n) is 15.2. The minimum atomic E-state index is -0.312. The van der Waals surface area contributed by atoms with Crippen molar-refractivity contribution in [2.45, 2.75) is 32.4 Å². The van der Waals surface area contributed by atoms with Crippen molar-refractivity contribution in [2.75, 3.05) is 18.4 Å². The summed E-state index contributed by atoms with van der Waals surface area (Å²) in [5.74, 6) is 0.593. The highest BCUT2D eigenvalue weighted by Crippen LogP contribution is 2.22. The van der Waals surface area contributed by atoms with E-state index in [-0.39, 0.29) is 28.9 Å². The summed E-state index contributed by atoms with van der Waals surface area (Å²) in [6.07, 6.45) is 4.60. The molecule has 0 aliphatic carbocycles. The number of nitrogens with one attached hydrogen (secondary N) is 2. The van der Waals surface area contributed by atoms with E-state index in [2.05, 4.69) is 20.5 Å². The van der Waals surface area contributed by atoms with E-state index in [1.165, 1.54) is 0 Å². The first-order chi connectivity index (χ1) is 13.0. The van der Waals surface area contributed by atoms with E-state index >= 15 is 0 Å². The van der Waals surface area contributed by atoms with Gasteiger partial charge in [-0.15, -0.1) is 0 Å². The molecule has 2 N–H and O–H groups in total. The Kier molecular flexibility index (Phi) is 6.47. The molecule has 27 heavy (non-hydrogen) atoms. The summed E-state index contributed by atoms with van der Waals surface area (Å²) in [6.45, 7) is 3.63. The lowest BCUT2D eigenvalue weighted by Crippen LogP contribution is -2.48. The van der Waals surface area contributed by atoms with Crippen LogP contribution >= 0.6 is 11.6 Å². The topological polar surface area (TPSA) is 87.5 Å². The van der Waals surface area contributed by atoms with Crippen molar-refractivity contribution >= 4 is 29.1 Å². The molecule has 1 atom stereocenters. The van der Waals surface area contributed by atoms with Crippen molar-refractivity contribution in [3.8, 4) is 0 Å². The zero-order valence-corrected chi connectivity index (χ0v) is 15.9. The summed E-state index contributed by atoms with van der Waals surface area (Å²) in [7, 11) is 0. The molecular formula is C19H23ClN4O3. The number of furan rings is 1. The maximum Gasteiger partial charge on any atom is 0.241 e. The number of hydrogen-bond acceptors (Lipinski definition) is 5. The molecule has 2 amide bonds. The third kappa shape index (κ3) is 5.08. The van der Waals surface area contributed by atoms with Crippen LogP contribution in [0.4, 0.5) is 5.69 Å². The van der Waals surface area contributed by atoms with E-state index < -0.39 is 0 Å². The van der Waals surface area contributed by atoms with Crippen molar-refractivity contribution in [3.05, 3.63) is 47.6 Å². The fourth-order valence-corrected chi connectivity index (χ4v) is 3.33. The normalized spacial score (nSPS) is 16.7. The molecule has 3 rings (SSSR count). The highest BCUT2D eigenvalue weighted by molar-refractivity contribution is 6.32. The molecule has 7 nitrogen and oxygen atoms in total. The smallest absolute Gasteiger partial charge is 0.241 e. The lowest BCUT2D eigenvalue weighted by molar-refractivity contribution is -0.127. The molecule has 0 radical (unpaired) electrons. The van der Waals surface area contributed by atoms with Gasteiger partial charge in [-0.25, -0.2) is 4.98 Å². The second-order valence-corrected chi connectivity index (χ2v) is 6.97. The van der Waals surface area contributed by atoms with Gasteiger partial charge in [-0.2, -0.15) is 0 Å². The van der Waals surface area contributed by atoms with Crippen LogP contribution in [0.5, 0.6) is 0 Å². The van der Waals surface area contributed by atoms with E-state index in [4.69, 9.17) is 16.0 Å². The van der Waals surface area contributed by atoms with Crippen LogP contribution in [-0.2, 0) is 16.1 Å². The van der Waals surface area contributed by atoms with Crippen LogP contribution in [0, 0.1) is 5.92 Å². The van der Waals surface area contributed by atoms with E-state index in [9.17, 15) is 9.59 Å². The summed E-state index contributed by atoms with van der Waals surface area (Å²) >= 11 is 5.99. The van der Waals surface area contributed by atoms with Gasteiger partial charge in [-0.05, 0) is 57.1 Å². The molecule has 0 bridgehead atoms. The predicted molar refractivity (Wildman–Crippen MR) is 102 cm³/mol. The van der Waals surface area contributed by atoms with E-state index in [0.29, 0.717) is 25.3 Å². The van der Waals surface area contributed by atoms with Crippen molar-refractivity contribution in [2.24, 2.45) is 5.92 Å². The number of piperidine rings is 1. The molecule has 0 saturated carbocycles. The van der Waals surface area contributed by atoms with Crippen LogP contribution in [0.1, 0.15) is 25.5 Å². The predicted octanol–water partition coefficient (Wildman–Crippen LogP) is 2.68. The SMILES string of the molecule is CC(C(=O)Nc1cccnc1Cl)N1CCC(C(=O)NCc2ccco2)CC1. The lowest BCUT2D eigenvalue weighted by atomic mass is 9.95. The zero-order chi connectivity index (χ0) is 19.2. The third-order valence-electron chi connectivity index (χ3n) is 4.86. The fourth-order valence-electron chi connectivity index (χ4n) is 3.16. The average molecular weight is 391 g/mol. The molecule has 1 aliphatic heterocycles. The summed E-state index contributed by atoms with van der Waals surface area (Å²) in [5.41, 5.74) is 0.503. The molecule has 3 heterocycles. The van der Waals surface area contributed by atoms with Gasteiger partial charge in [0.15, 0.2) is 5.15 Å². The first kappa shape index (κ1) is 19.4. The Hall–Kier alpha value is -2.38. The van der Waals surface area contributed by atoms with Crippen LogP contribution in [0.3, 0.4) is 0 Å². The quantitative estimate of drug-likeness (QED) is 0.740. The first-order valence-electron chi connectivity index (χ1n) is 9.00. The van der Waals surface area contributed by atoms with Gasteiger partial charge >= 0.3 is 0 Å². The third-order valence-corrected chi connectivity index (χ3v) is 5.16. The summed E-state index contributed by atoms with van der Waals surface area (Å²) in [4.78, 5) is 30.8. The average Bonchev–Trinajstić information content (AvgIpc) is 3.21. The first-order valence-corrected chi connectivity index (χ1v) is 9.38. The maximum absolute atomic E-state index is 12.5. The number of nitrogens with zero attached hydrogens (tertiary/aromatic N) is 2. The second kappa shape index (κ2) is 9.01. The summed E-state index contributed by atoms with van der Waals surface area (Å²) in [5, 5.41) is 5.99. The van der Waals surface area contributed by atoms with E-state index in [1.807, 2.05) is 13.0 Å². The molecule has 8 heteroatoms. The van der Waals surface area contributed by atoms with Crippen molar-refractivity contribution in [1.82, 2.24) is 15.2 Å². The minimum Gasteiger partial charge on any atom is -0.467 e. The molecular weight excluding hydrogens is 368 g/mol. The maximum atomic E-state index is 12.5. The molecule has 1 fully saturated rings.